The van der Waals surface area contributed by atoms with Crippen LogP contribution in [0.25, 0.3) is 0 Å². The second-order valence-electron chi connectivity index (χ2n) is 5.23. The molecule has 7 nitrogen and oxygen atoms in total. The first-order valence-corrected chi connectivity index (χ1v) is 8.10. The maximum absolute atomic E-state index is 13.9. The van der Waals surface area contributed by atoms with Crippen molar-refractivity contribution < 1.29 is 31.9 Å². The van der Waals surface area contributed by atoms with Gasteiger partial charge in [0, 0.05) is 6.07 Å². The van der Waals surface area contributed by atoms with Crippen LogP contribution in [-0.4, -0.2) is 47.7 Å². The van der Waals surface area contributed by atoms with Gasteiger partial charge in [0.15, 0.2) is 6.04 Å². The number of carbonyl (C=O) groups is 2. The Balaban J connectivity index is 2.53. The summed E-state index contributed by atoms with van der Waals surface area (Å²) in [5.74, 6) is -3.56. The first kappa shape index (κ1) is 17.1. The molecule has 1 aromatic carbocycles. The number of sulfonamides is 1. The molecule has 1 N–H and O–H groups in total. The molecule has 1 fully saturated rings. The monoisotopic (exact) mass is 348 g/mol. The molecule has 0 spiro atoms. The van der Waals surface area contributed by atoms with Crippen LogP contribution in [0.4, 0.5) is 19.3 Å². The molecule has 1 atom stereocenters. The van der Waals surface area contributed by atoms with E-state index in [0.29, 0.717) is 15.3 Å². The molecule has 1 aliphatic heterocycles. The molecular formula is C13H14F2N2O5S. The zero-order valence-electron chi connectivity index (χ0n) is 12.2. The van der Waals surface area contributed by atoms with Gasteiger partial charge in [-0.05, 0) is 26.0 Å². The Morgan fingerprint density at radius 2 is 1.96 bits per heavy atom. The molecule has 1 heterocycles. The van der Waals surface area contributed by atoms with E-state index in [1.165, 1.54) is 13.8 Å². The van der Waals surface area contributed by atoms with Gasteiger partial charge in [-0.3, -0.25) is 4.90 Å². The highest BCUT2D eigenvalue weighted by atomic mass is 32.2. The van der Waals surface area contributed by atoms with E-state index in [1.807, 2.05) is 0 Å². The van der Waals surface area contributed by atoms with E-state index in [4.69, 9.17) is 0 Å². The Morgan fingerprint density at radius 1 is 1.35 bits per heavy atom. The molecule has 126 valence electrons. The minimum atomic E-state index is -4.07. The molecule has 0 aliphatic carbocycles. The van der Waals surface area contributed by atoms with Crippen LogP contribution in [-0.2, 0) is 14.8 Å². The molecule has 0 aromatic heterocycles. The number of carbonyl (C=O) groups excluding carboxylic acids is 1. The zero-order valence-corrected chi connectivity index (χ0v) is 13.0. The number of aliphatic carboxylic acids is 1. The van der Waals surface area contributed by atoms with E-state index in [-0.39, 0.29) is 0 Å². The summed E-state index contributed by atoms with van der Waals surface area (Å²) in [5.41, 5.74) is -0.495. The number of halogens is 2. The van der Waals surface area contributed by atoms with Gasteiger partial charge in [-0.15, -0.1) is 0 Å². The molecular weight excluding hydrogens is 334 g/mol. The Bertz CT molecular complexity index is 766. The quantitative estimate of drug-likeness (QED) is 0.887. The van der Waals surface area contributed by atoms with Crippen LogP contribution in [0, 0.1) is 11.6 Å². The number of urea groups is 1. The first-order valence-electron chi connectivity index (χ1n) is 6.60. The lowest BCUT2D eigenvalue weighted by atomic mass is 10.2. The molecule has 0 radical (unpaired) electrons. The Labute approximate surface area is 131 Å². The van der Waals surface area contributed by atoms with Crippen molar-refractivity contribution >= 4 is 27.7 Å². The molecule has 0 saturated carbocycles. The summed E-state index contributed by atoms with van der Waals surface area (Å²) in [4.78, 5) is 24.2. The summed E-state index contributed by atoms with van der Waals surface area (Å²) in [6.45, 7) is 2.02. The Morgan fingerprint density at radius 3 is 2.43 bits per heavy atom. The molecule has 0 bridgehead atoms. The highest BCUT2D eigenvalue weighted by Gasteiger charge is 2.48. The van der Waals surface area contributed by atoms with E-state index in [2.05, 4.69) is 0 Å². The zero-order chi connectivity index (χ0) is 17.5. The van der Waals surface area contributed by atoms with Gasteiger partial charge in [0.2, 0.25) is 10.0 Å². The van der Waals surface area contributed by atoms with Gasteiger partial charge in [-0.25, -0.2) is 31.1 Å². The number of amides is 2. The average molecular weight is 348 g/mol. The number of nitrogens with zero attached hydrogens (tertiary/aromatic N) is 2. The average Bonchev–Trinajstić information content (AvgIpc) is 2.77. The number of benzene rings is 1. The van der Waals surface area contributed by atoms with Crippen molar-refractivity contribution in [2.75, 3.05) is 11.4 Å². The number of carboxylic acid groups (broad SMARTS) is 1. The number of hydrogen-bond donors (Lipinski definition) is 1. The number of anilines is 1. The first-order chi connectivity index (χ1) is 10.6. The van der Waals surface area contributed by atoms with E-state index < -0.39 is 57.2 Å². The van der Waals surface area contributed by atoms with Crippen molar-refractivity contribution in [2.45, 2.75) is 25.1 Å². The van der Waals surface area contributed by atoms with Crippen LogP contribution in [0.5, 0.6) is 0 Å². The van der Waals surface area contributed by atoms with Crippen molar-refractivity contribution in [3.8, 4) is 0 Å². The number of carboxylic acids is 1. The van der Waals surface area contributed by atoms with Gasteiger partial charge in [0.25, 0.3) is 0 Å². The lowest BCUT2D eigenvalue weighted by Crippen LogP contribution is -2.41. The summed E-state index contributed by atoms with van der Waals surface area (Å²) in [6.07, 6.45) is 0. The fourth-order valence-corrected chi connectivity index (χ4v) is 3.34. The largest absolute Gasteiger partial charge is 0.480 e. The topological polar surface area (TPSA) is 95.0 Å². The maximum Gasteiger partial charge on any atom is 0.339 e. The summed E-state index contributed by atoms with van der Waals surface area (Å²) < 4.78 is 51.6. The number of hydrogen-bond acceptors (Lipinski definition) is 4. The summed E-state index contributed by atoms with van der Waals surface area (Å²) >= 11 is 0. The lowest BCUT2D eigenvalue weighted by molar-refractivity contribution is -0.138. The van der Waals surface area contributed by atoms with Crippen molar-refractivity contribution in [3.05, 3.63) is 29.8 Å². The molecule has 2 amide bonds. The molecule has 23 heavy (non-hydrogen) atoms. The van der Waals surface area contributed by atoms with Gasteiger partial charge in [0.1, 0.15) is 11.6 Å². The summed E-state index contributed by atoms with van der Waals surface area (Å²) in [5, 5.41) is 8.26. The standard InChI is InChI=1S/C13H14F2N2O5S/c1-7(2)23(21,22)16-6-11(12(18)19)17(13(16)20)10-4-3-8(14)5-9(10)15/h3-5,7,11H,6H2,1-2H3,(H,18,19). The molecule has 1 aromatic rings. The molecule has 1 aliphatic rings. The molecule has 10 heteroatoms. The highest BCUT2D eigenvalue weighted by molar-refractivity contribution is 7.90. The molecule has 1 saturated heterocycles. The molecule has 1 unspecified atom stereocenters. The highest BCUT2D eigenvalue weighted by Crippen LogP contribution is 2.30. The third kappa shape index (κ3) is 2.85. The minimum absolute atomic E-state index is 0.402. The van der Waals surface area contributed by atoms with Gasteiger partial charge in [-0.1, -0.05) is 0 Å². The van der Waals surface area contributed by atoms with Crippen LogP contribution in [0.2, 0.25) is 0 Å². The van der Waals surface area contributed by atoms with Gasteiger partial charge < -0.3 is 5.11 Å². The molecule has 2 rings (SSSR count). The third-order valence-corrected chi connectivity index (χ3v) is 5.54. The summed E-state index contributed by atoms with van der Waals surface area (Å²) in [6, 6.07) is -0.553. The van der Waals surface area contributed by atoms with Gasteiger partial charge in [0.05, 0.1) is 17.5 Å². The van der Waals surface area contributed by atoms with E-state index in [9.17, 15) is 31.9 Å². The lowest BCUT2D eigenvalue weighted by Gasteiger charge is -2.21. The van der Waals surface area contributed by atoms with Crippen molar-refractivity contribution in [1.29, 1.82) is 0 Å². The fourth-order valence-electron chi connectivity index (χ4n) is 2.17. The van der Waals surface area contributed by atoms with E-state index in [1.54, 1.807) is 0 Å². The third-order valence-electron chi connectivity index (χ3n) is 3.43. The van der Waals surface area contributed by atoms with Crippen LogP contribution >= 0.6 is 0 Å². The summed E-state index contributed by atoms with van der Waals surface area (Å²) in [7, 11) is -4.07. The van der Waals surface area contributed by atoms with Crippen molar-refractivity contribution in [3.63, 3.8) is 0 Å². The van der Waals surface area contributed by atoms with Crippen LogP contribution in [0.15, 0.2) is 18.2 Å². The fraction of sp³-hybridized carbons (Fsp3) is 0.385. The predicted molar refractivity (Wildman–Crippen MR) is 76.4 cm³/mol. The minimum Gasteiger partial charge on any atom is -0.480 e. The number of rotatable bonds is 4. The SMILES string of the molecule is CC(C)S(=O)(=O)N1CC(C(=O)O)N(c2ccc(F)cc2F)C1=O. The van der Waals surface area contributed by atoms with Crippen LogP contribution in [0.3, 0.4) is 0 Å². The van der Waals surface area contributed by atoms with E-state index in [0.717, 1.165) is 12.1 Å². The Kier molecular flexibility index (Phi) is 4.29. The smallest absolute Gasteiger partial charge is 0.339 e. The predicted octanol–water partition coefficient (Wildman–Crippen LogP) is 1.40. The van der Waals surface area contributed by atoms with Gasteiger partial charge >= 0.3 is 12.0 Å². The second-order valence-corrected chi connectivity index (χ2v) is 7.64. The maximum atomic E-state index is 13.9. The van der Waals surface area contributed by atoms with Crippen LogP contribution < -0.4 is 4.90 Å². The van der Waals surface area contributed by atoms with Crippen molar-refractivity contribution in [2.24, 2.45) is 0 Å². The van der Waals surface area contributed by atoms with Crippen LogP contribution in [0.1, 0.15) is 13.8 Å². The van der Waals surface area contributed by atoms with E-state index >= 15 is 0 Å². The second kappa shape index (κ2) is 5.76. The normalized spacial score (nSPS) is 18.8. The Hall–Kier alpha value is -2.23. The van der Waals surface area contributed by atoms with Crippen molar-refractivity contribution in [1.82, 2.24) is 4.31 Å². The van der Waals surface area contributed by atoms with Gasteiger partial charge in [-0.2, -0.15) is 0 Å².